The predicted molar refractivity (Wildman–Crippen MR) is 137 cm³/mol. The number of para-hydroxylation sites is 1. The highest BCUT2D eigenvalue weighted by atomic mass is 32.2. The molecule has 1 saturated heterocycles. The molecule has 2 heterocycles. The third-order valence-electron chi connectivity index (χ3n) is 6.02. The Labute approximate surface area is 214 Å². The maximum Gasteiger partial charge on any atom is 0.253 e. The fourth-order valence-corrected chi connectivity index (χ4v) is 6.42. The van der Waals surface area contributed by atoms with Crippen molar-refractivity contribution in [2.24, 2.45) is 0 Å². The number of benzene rings is 2. The first kappa shape index (κ1) is 26.4. The molecule has 0 N–H and O–H groups in total. The molecule has 0 spiro atoms. The van der Waals surface area contributed by atoms with E-state index in [-0.39, 0.29) is 42.9 Å². The van der Waals surface area contributed by atoms with E-state index in [2.05, 4.69) is 9.88 Å². The maximum atomic E-state index is 14.0. The zero-order valence-electron chi connectivity index (χ0n) is 20.2. The number of amides is 1. The van der Waals surface area contributed by atoms with E-state index < -0.39 is 10.0 Å². The van der Waals surface area contributed by atoms with Gasteiger partial charge in [-0.2, -0.15) is 4.31 Å². The summed E-state index contributed by atoms with van der Waals surface area (Å²) in [5, 5.41) is 0.739. The standard InChI is InChI=1S/C24H29FN4O5S2/c1-33-16-14-29(15-17-34-2)36(31,32)19-8-6-18(7-9-19)23(30)27-10-12-28(13-11-27)24-26-22-20(25)4-3-5-21(22)35-24/h3-9H,10-17H2,1-2H3. The number of ether oxygens (including phenoxy) is 2. The van der Waals surface area contributed by atoms with Crippen molar-refractivity contribution in [3.8, 4) is 0 Å². The van der Waals surface area contributed by atoms with Crippen molar-refractivity contribution in [3.63, 3.8) is 0 Å². The third-order valence-corrected chi connectivity index (χ3v) is 9.02. The smallest absolute Gasteiger partial charge is 0.253 e. The van der Waals surface area contributed by atoms with Crippen molar-refractivity contribution in [3.05, 3.63) is 53.8 Å². The second-order valence-electron chi connectivity index (χ2n) is 8.28. The van der Waals surface area contributed by atoms with Crippen LogP contribution in [0.3, 0.4) is 0 Å². The Hall–Kier alpha value is -2.64. The van der Waals surface area contributed by atoms with Gasteiger partial charge in [0.05, 0.1) is 22.8 Å². The van der Waals surface area contributed by atoms with Crippen LogP contribution in [0.15, 0.2) is 47.4 Å². The summed E-state index contributed by atoms with van der Waals surface area (Å²) >= 11 is 1.43. The summed E-state index contributed by atoms with van der Waals surface area (Å²) in [4.78, 5) is 21.4. The van der Waals surface area contributed by atoms with Crippen molar-refractivity contribution >= 4 is 42.6 Å². The molecule has 194 valence electrons. The van der Waals surface area contributed by atoms with Crippen LogP contribution in [0.4, 0.5) is 9.52 Å². The van der Waals surface area contributed by atoms with Gasteiger partial charge in [-0.15, -0.1) is 0 Å². The molecule has 12 heteroatoms. The number of thiazole rings is 1. The van der Waals surface area contributed by atoms with Gasteiger partial charge in [-0.05, 0) is 36.4 Å². The topological polar surface area (TPSA) is 92.3 Å². The van der Waals surface area contributed by atoms with Gasteiger partial charge in [0.25, 0.3) is 5.91 Å². The van der Waals surface area contributed by atoms with E-state index in [0.717, 1.165) is 9.83 Å². The molecule has 4 rings (SSSR count). The van der Waals surface area contributed by atoms with E-state index in [9.17, 15) is 17.6 Å². The van der Waals surface area contributed by atoms with Crippen LogP contribution in [0.1, 0.15) is 10.4 Å². The maximum absolute atomic E-state index is 14.0. The number of halogens is 1. The van der Waals surface area contributed by atoms with Crippen LogP contribution < -0.4 is 4.90 Å². The van der Waals surface area contributed by atoms with Crippen LogP contribution >= 0.6 is 11.3 Å². The number of methoxy groups -OCH3 is 2. The van der Waals surface area contributed by atoms with Gasteiger partial charge in [0, 0.05) is 59.1 Å². The molecule has 0 radical (unpaired) electrons. The van der Waals surface area contributed by atoms with Crippen LogP contribution in [-0.4, -0.2) is 95.2 Å². The minimum absolute atomic E-state index is 0.110. The second-order valence-corrected chi connectivity index (χ2v) is 11.2. The molecule has 0 aliphatic carbocycles. The Morgan fingerprint density at radius 1 is 1.03 bits per heavy atom. The monoisotopic (exact) mass is 536 g/mol. The minimum atomic E-state index is -3.76. The van der Waals surface area contributed by atoms with Gasteiger partial charge in [0.15, 0.2) is 5.13 Å². The first-order valence-corrected chi connectivity index (χ1v) is 13.8. The third kappa shape index (κ3) is 5.68. The summed E-state index contributed by atoms with van der Waals surface area (Å²) in [6, 6.07) is 10.9. The first-order chi connectivity index (χ1) is 17.3. The Morgan fingerprint density at radius 3 is 2.25 bits per heavy atom. The number of hydrogen-bond donors (Lipinski definition) is 0. The van der Waals surface area contributed by atoms with E-state index in [1.165, 1.54) is 48.1 Å². The molecule has 0 atom stereocenters. The van der Waals surface area contributed by atoms with Crippen molar-refractivity contribution in [2.45, 2.75) is 4.90 Å². The number of sulfonamides is 1. The zero-order valence-corrected chi connectivity index (χ0v) is 21.9. The van der Waals surface area contributed by atoms with Gasteiger partial charge in [-0.25, -0.2) is 17.8 Å². The number of fused-ring (bicyclic) bond motifs is 1. The lowest BCUT2D eigenvalue weighted by molar-refractivity contribution is 0.0746. The number of nitrogens with zero attached hydrogens (tertiary/aromatic N) is 4. The molecule has 2 aromatic carbocycles. The van der Waals surface area contributed by atoms with E-state index in [1.807, 2.05) is 6.07 Å². The van der Waals surface area contributed by atoms with Crippen molar-refractivity contribution in [1.29, 1.82) is 0 Å². The number of carbonyl (C=O) groups is 1. The fraction of sp³-hybridized carbons (Fsp3) is 0.417. The van der Waals surface area contributed by atoms with Crippen molar-refractivity contribution in [1.82, 2.24) is 14.2 Å². The zero-order chi connectivity index (χ0) is 25.7. The van der Waals surface area contributed by atoms with Crippen LogP contribution in [0, 0.1) is 5.82 Å². The summed E-state index contributed by atoms with van der Waals surface area (Å²) in [6.07, 6.45) is 0. The van der Waals surface area contributed by atoms with Crippen LogP contribution in [0.2, 0.25) is 0 Å². The molecule has 0 saturated carbocycles. The minimum Gasteiger partial charge on any atom is -0.383 e. The molecule has 1 amide bonds. The van der Waals surface area contributed by atoms with Crippen molar-refractivity contribution in [2.75, 3.05) is 71.6 Å². The van der Waals surface area contributed by atoms with Crippen LogP contribution in [0.5, 0.6) is 0 Å². The predicted octanol–water partition coefficient (Wildman–Crippen LogP) is 2.68. The molecule has 0 bridgehead atoms. The van der Waals surface area contributed by atoms with Crippen LogP contribution in [-0.2, 0) is 19.5 Å². The van der Waals surface area contributed by atoms with Gasteiger partial charge in [-0.1, -0.05) is 17.4 Å². The quantitative estimate of drug-likeness (QED) is 0.393. The normalized spacial score (nSPS) is 14.7. The Morgan fingerprint density at radius 2 is 1.67 bits per heavy atom. The summed E-state index contributed by atoms with van der Waals surface area (Å²) < 4.78 is 52.3. The van der Waals surface area contributed by atoms with Gasteiger partial charge in [0.2, 0.25) is 10.0 Å². The van der Waals surface area contributed by atoms with Gasteiger partial charge < -0.3 is 19.3 Å². The highest BCUT2D eigenvalue weighted by molar-refractivity contribution is 7.89. The summed E-state index contributed by atoms with van der Waals surface area (Å²) in [6.45, 7) is 3.05. The highest BCUT2D eigenvalue weighted by Gasteiger charge is 2.27. The van der Waals surface area contributed by atoms with E-state index in [1.54, 1.807) is 23.1 Å². The number of hydrogen-bond acceptors (Lipinski definition) is 8. The Bertz CT molecular complexity index is 1280. The molecule has 9 nitrogen and oxygen atoms in total. The largest absolute Gasteiger partial charge is 0.383 e. The highest BCUT2D eigenvalue weighted by Crippen LogP contribution is 2.31. The molecule has 1 aliphatic rings. The molecule has 36 heavy (non-hydrogen) atoms. The SMILES string of the molecule is COCCN(CCOC)S(=O)(=O)c1ccc(C(=O)N2CCN(c3nc4c(F)cccc4s3)CC2)cc1. The molecular weight excluding hydrogens is 507 g/mol. The molecule has 3 aromatic rings. The fourth-order valence-electron chi connectivity index (χ4n) is 3.98. The van der Waals surface area contributed by atoms with E-state index in [0.29, 0.717) is 37.3 Å². The number of rotatable bonds is 10. The van der Waals surface area contributed by atoms with Gasteiger partial charge >= 0.3 is 0 Å². The lowest BCUT2D eigenvalue weighted by atomic mass is 10.2. The number of anilines is 1. The second kappa shape index (κ2) is 11.6. The molecule has 1 fully saturated rings. The van der Waals surface area contributed by atoms with Gasteiger partial charge in [0.1, 0.15) is 11.3 Å². The Kier molecular flexibility index (Phi) is 8.52. The molecular formula is C24H29FN4O5S2. The number of piperazine rings is 1. The summed E-state index contributed by atoms with van der Waals surface area (Å²) in [7, 11) is -0.728. The first-order valence-electron chi connectivity index (χ1n) is 11.5. The lowest BCUT2D eigenvalue weighted by Gasteiger charge is -2.34. The average molecular weight is 537 g/mol. The lowest BCUT2D eigenvalue weighted by Crippen LogP contribution is -2.48. The average Bonchev–Trinajstić information content (AvgIpc) is 3.34. The molecule has 1 aliphatic heterocycles. The van der Waals surface area contributed by atoms with Crippen LogP contribution in [0.25, 0.3) is 10.2 Å². The molecule has 1 aromatic heterocycles. The Balaban J connectivity index is 1.40. The summed E-state index contributed by atoms with van der Waals surface area (Å²) in [5.74, 6) is -0.501. The van der Waals surface area contributed by atoms with Gasteiger partial charge in [-0.3, -0.25) is 4.79 Å². The van der Waals surface area contributed by atoms with Crippen molar-refractivity contribution < 1.29 is 27.1 Å². The van der Waals surface area contributed by atoms with E-state index in [4.69, 9.17) is 9.47 Å². The van der Waals surface area contributed by atoms with E-state index >= 15 is 0 Å². The number of aromatic nitrogens is 1. The number of carbonyl (C=O) groups excluding carboxylic acids is 1. The summed E-state index contributed by atoms with van der Waals surface area (Å²) in [5.41, 5.74) is 0.791. The molecule has 0 unspecified atom stereocenters.